The summed E-state index contributed by atoms with van der Waals surface area (Å²) < 4.78 is 0. The summed E-state index contributed by atoms with van der Waals surface area (Å²) in [6.45, 7) is 0. The van der Waals surface area contributed by atoms with Crippen LogP contribution in [0.15, 0.2) is 0 Å². The molecule has 0 aromatic heterocycles. The molecule has 0 bridgehead atoms. The van der Waals surface area contributed by atoms with Crippen molar-refractivity contribution >= 4 is 97.2 Å². The summed E-state index contributed by atoms with van der Waals surface area (Å²) in [5.74, 6) is 0. The summed E-state index contributed by atoms with van der Waals surface area (Å²) in [5, 5.41) is 0. The van der Waals surface area contributed by atoms with Gasteiger partial charge in [-0.3, -0.25) is 0 Å². The third-order valence-electron chi connectivity index (χ3n) is 0. The monoisotopic (exact) mass is 2790 g/mol. The SMILES string of the molecule is [Bi].[Cd].[Ce].[Co].[Cr].[Cu].[Fe].[Ga].[H-].[H-].[H-].[Ir].[K+].[Li+].[Mn].[Mo].[Na+].[Ni].[Pb].[Pd].[Pt].[Rh].[Sn].[Ta].[Th].[V].[W].[Yb]. The van der Waals surface area contributed by atoms with Crippen LogP contribution in [-0.4, -0.2) is 97.2 Å². The molecule has 0 fully saturated rings. The maximum Gasteiger partial charge on any atom is 1.00 e. The van der Waals surface area contributed by atoms with E-state index in [1.165, 1.54) is 0 Å². The summed E-state index contributed by atoms with van der Waals surface area (Å²) in [6, 6.07) is 0. The molecular weight excluding hydrogens is 2780 g/mol. The van der Waals surface area contributed by atoms with E-state index < -0.39 is 0 Å². The molecule has 0 N–H and O–H groups in total. The number of rotatable bonds is 0. The first kappa shape index (κ1) is 218. The zero-order valence-electron chi connectivity index (χ0n) is 15.1. The molecule has 0 heterocycles. The zero-order chi connectivity index (χ0) is 0. The van der Waals surface area contributed by atoms with Gasteiger partial charge in [-0.1, -0.05) is 0 Å². The van der Waals surface area contributed by atoms with Crippen molar-refractivity contribution in [2.24, 2.45) is 0 Å². The molecule has 0 aromatic carbocycles. The van der Waals surface area contributed by atoms with Gasteiger partial charge < -0.3 is 4.28 Å². The van der Waals surface area contributed by atoms with Crippen molar-refractivity contribution in [3.63, 3.8) is 0 Å². The molecule has 0 saturated carbocycles. The smallest absolute Gasteiger partial charge is 1.00 e. The van der Waals surface area contributed by atoms with Gasteiger partial charge in [0.05, 0.1) is 0 Å². The maximum atomic E-state index is 0. The van der Waals surface area contributed by atoms with Crippen molar-refractivity contribution in [1.29, 1.82) is 0 Å². The van der Waals surface area contributed by atoms with Gasteiger partial charge in [0.15, 0.2) is 0 Å². The number of hydrogen-bond acceptors (Lipinski definition) is 0. The molecule has 21 radical (unpaired) electrons. The Morgan fingerprint density at radius 2 is 1.04 bits per heavy atom. The summed E-state index contributed by atoms with van der Waals surface area (Å²) in [7, 11) is 0. The third kappa shape index (κ3) is 194. The van der Waals surface area contributed by atoms with Crippen LogP contribution in [-0.2, 0) is 293 Å². The normalized spacial score (nSPS) is 0. The molecule has 0 unspecified atom stereocenters. The summed E-state index contributed by atoms with van der Waals surface area (Å²) in [6.07, 6.45) is 0. The van der Waals surface area contributed by atoms with Gasteiger partial charge in [0.25, 0.3) is 0 Å². The van der Waals surface area contributed by atoms with Gasteiger partial charge in [0.1, 0.15) is 0 Å². The fourth-order valence-corrected chi connectivity index (χ4v) is 0. The molecule has 0 saturated heterocycles. The minimum atomic E-state index is 0. The Labute approximate surface area is 602 Å². The topological polar surface area (TPSA) is 0 Å². The Bertz CT molecular complexity index is 130. The maximum absolute atomic E-state index is 0. The van der Waals surface area contributed by atoms with Gasteiger partial charge >= 0.3 is 99.8 Å². The second-order valence-electron chi connectivity index (χ2n) is 0. The van der Waals surface area contributed by atoms with Gasteiger partial charge in [-0.2, -0.15) is 0 Å². The van der Waals surface area contributed by atoms with E-state index in [9.17, 15) is 0 Å². The van der Waals surface area contributed by atoms with Gasteiger partial charge in [-0.15, -0.1) is 0 Å². The van der Waals surface area contributed by atoms with Crippen LogP contribution in [0.2, 0.25) is 0 Å². The predicted octanol–water partition coefficient (Wildman–Crippen LogP) is -10.2. The summed E-state index contributed by atoms with van der Waals surface area (Å²) in [5.41, 5.74) is 0. The van der Waals surface area contributed by atoms with Gasteiger partial charge in [0, 0.05) is 519 Å². The van der Waals surface area contributed by atoms with Crippen LogP contribution < -0.4 is 99.8 Å². The Kier molecular flexibility index (Phi) is 1770. The van der Waals surface area contributed by atoms with Crippen LogP contribution in [0.3, 0.4) is 0 Å². The third-order valence-corrected chi connectivity index (χ3v) is 0. The molecule has 25 heteroatoms. The van der Waals surface area contributed by atoms with E-state index in [0.717, 1.165) is 0 Å². The van der Waals surface area contributed by atoms with Crippen LogP contribution in [0.4, 0.5) is 0 Å². The summed E-state index contributed by atoms with van der Waals surface area (Å²) >= 11 is 0. The van der Waals surface area contributed by atoms with Crippen LogP contribution in [0.25, 0.3) is 0 Å². The molecule has 157 valence electrons. The van der Waals surface area contributed by atoms with Crippen LogP contribution in [0.1, 0.15) is 4.28 Å². The van der Waals surface area contributed by atoms with Crippen molar-refractivity contribution in [2.75, 3.05) is 0 Å². The van der Waals surface area contributed by atoms with Gasteiger partial charge in [0.2, 0.25) is 0 Å². The minimum Gasteiger partial charge on any atom is -1.00 e. The van der Waals surface area contributed by atoms with Gasteiger partial charge in [-0.25, -0.2) is 0 Å². The van der Waals surface area contributed by atoms with Crippen molar-refractivity contribution < 1.29 is 526 Å². The second kappa shape index (κ2) is 203. The largest absolute Gasteiger partial charge is 1.00 e. The van der Waals surface area contributed by atoms with E-state index in [-0.39, 0.29) is 623 Å². The Morgan fingerprint density at radius 3 is 1.04 bits per heavy atom. The minimum absolute atomic E-state index is 0. The van der Waals surface area contributed by atoms with E-state index in [1.807, 2.05) is 0 Å². The zero-order valence-corrected chi connectivity index (χ0v) is 66.8. The van der Waals surface area contributed by atoms with Crippen molar-refractivity contribution in [1.82, 2.24) is 0 Å². The first-order chi connectivity index (χ1) is 0. The fraction of sp³-hybridized carbons (Fsp3) is 0. The van der Waals surface area contributed by atoms with E-state index in [0.29, 0.717) is 0 Å². The molecule has 0 rings (SSSR count). The second-order valence-corrected chi connectivity index (χ2v) is 0. The van der Waals surface area contributed by atoms with E-state index in [4.69, 9.17) is 0 Å². The molecular formula is H3BiCdCeCoCrCuFeGaIrKLiMnMoNaNiPbPdPtRhSnTaThVWYb. The molecule has 0 aromatic rings. The fourth-order valence-electron chi connectivity index (χ4n) is 0. The molecule has 0 aliphatic heterocycles. The first-order valence-electron chi connectivity index (χ1n) is 0. The van der Waals surface area contributed by atoms with E-state index in [1.54, 1.807) is 0 Å². The molecule has 0 aliphatic carbocycles. The van der Waals surface area contributed by atoms with E-state index >= 15 is 0 Å². The average Bonchev–Trinajstić information content (AvgIpc) is 0. The Morgan fingerprint density at radius 1 is 1.04 bits per heavy atom. The van der Waals surface area contributed by atoms with E-state index in [2.05, 4.69) is 0 Å². The van der Waals surface area contributed by atoms with Gasteiger partial charge in [-0.05, 0) is 0 Å². The molecule has 0 amide bonds. The quantitative estimate of drug-likeness (QED) is 0.212. The van der Waals surface area contributed by atoms with Crippen LogP contribution in [0.5, 0.6) is 0 Å². The van der Waals surface area contributed by atoms with Crippen molar-refractivity contribution in [3.05, 3.63) is 0 Å². The van der Waals surface area contributed by atoms with Crippen LogP contribution in [0, 0.1) is 129 Å². The van der Waals surface area contributed by atoms with Crippen molar-refractivity contribution in [3.8, 4) is 0 Å². The molecule has 0 spiro atoms. The van der Waals surface area contributed by atoms with Crippen molar-refractivity contribution in [2.45, 2.75) is 0 Å². The first-order valence-corrected chi connectivity index (χ1v) is 0. The molecule has 0 nitrogen and oxygen atoms in total. The predicted molar refractivity (Wildman–Crippen MR) is 26.4 cm³/mol. The average molecular weight is 2790 g/mol. The molecule has 0 aliphatic rings. The Balaban J connectivity index is 0. The van der Waals surface area contributed by atoms with Crippen LogP contribution >= 0.6 is 0 Å². The number of hydrogen-bond donors (Lipinski definition) is 0. The Hall–Kier alpha value is 20.0. The summed E-state index contributed by atoms with van der Waals surface area (Å²) in [4.78, 5) is 0. The molecule has 0 atom stereocenters. The molecule has 25 heavy (non-hydrogen) atoms. The standard InChI is InChI=1S/Bi.Cd.Ce.Co.Cr.Cu.Fe.Ga.Ir.K.Li.Mn.Mo.Na.Ni.Pb.Pd.Pt.Rh.Sn.Ta.Th.V.W.Yb.3H/q;;;;;;;;;2*+1;;;+1;;;;;;;;;;;;3*-1.